The SMILES string of the molecule is NC(=O)CSc1nnnn1-c1ccc(Br)cc1. The minimum absolute atomic E-state index is 0.150. The number of halogens is 1. The minimum atomic E-state index is -0.402. The van der Waals surface area contributed by atoms with Crippen molar-refractivity contribution in [1.82, 2.24) is 20.2 Å². The maximum Gasteiger partial charge on any atom is 0.227 e. The lowest BCUT2D eigenvalue weighted by atomic mass is 10.3. The minimum Gasteiger partial charge on any atom is -0.369 e. The van der Waals surface area contributed by atoms with Crippen LogP contribution in [0.2, 0.25) is 0 Å². The third kappa shape index (κ3) is 3.04. The Hall–Kier alpha value is -1.41. The van der Waals surface area contributed by atoms with Crippen LogP contribution in [0, 0.1) is 0 Å². The number of amides is 1. The lowest BCUT2D eigenvalue weighted by molar-refractivity contribution is -0.115. The highest BCUT2D eigenvalue weighted by atomic mass is 79.9. The van der Waals surface area contributed by atoms with Crippen molar-refractivity contribution in [2.45, 2.75) is 5.16 Å². The summed E-state index contributed by atoms with van der Waals surface area (Å²) in [5.41, 5.74) is 5.90. The van der Waals surface area contributed by atoms with E-state index in [1.807, 2.05) is 24.3 Å². The zero-order valence-electron chi connectivity index (χ0n) is 8.58. The summed E-state index contributed by atoms with van der Waals surface area (Å²) in [5, 5.41) is 11.8. The molecule has 17 heavy (non-hydrogen) atoms. The Morgan fingerprint density at radius 2 is 2.12 bits per heavy atom. The van der Waals surface area contributed by atoms with E-state index in [0.717, 1.165) is 10.2 Å². The van der Waals surface area contributed by atoms with E-state index >= 15 is 0 Å². The summed E-state index contributed by atoms with van der Waals surface area (Å²) in [6.45, 7) is 0. The van der Waals surface area contributed by atoms with E-state index in [0.29, 0.717) is 5.16 Å². The second kappa shape index (κ2) is 5.28. The number of hydrogen-bond donors (Lipinski definition) is 1. The molecule has 88 valence electrons. The van der Waals surface area contributed by atoms with Crippen LogP contribution in [0.1, 0.15) is 0 Å². The Balaban J connectivity index is 2.24. The Morgan fingerprint density at radius 3 is 2.76 bits per heavy atom. The Morgan fingerprint density at radius 1 is 1.41 bits per heavy atom. The molecular formula is C9H8BrN5OS. The molecule has 0 aliphatic heterocycles. The molecule has 0 aliphatic rings. The number of rotatable bonds is 4. The summed E-state index contributed by atoms with van der Waals surface area (Å²) < 4.78 is 2.53. The summed E-state index contributed by atoms with van der Waals surface area (Å²) in [6, 6.07) is 7.52. The molecule has 0 saturated heterocycles. The summed E-state index contributed by atoms with van der Waals surface area (Å²) >= 11 is 4.55. The van der Waals surface area contributed by atoms with E-state index in [2.05, 4.69) is 31.5 Å². The first-order valence-electron chi connectivity index (χ1n) is 4.62. The first-order chi connectivity index (χ1) is 8.16. The molecule has 0 bridgehead atoms. The van der Waals surface area contributed by atoms with Crippen LogP contribution in [-0.4, -0.2) is 31.9 Å². The van der Waals surface area contributed by atoms with E-state index < -0.39 is 5.91 Å². The van der Waals surface area contributed by atoms with E-state index in [-0.39, 0.29) is 5.75 Å². The van der Waals surface area contributed by atoms with Crippen molar-refractivity contribution in [2.24, 2.45) is 5.73 Å². The fraction of sp³-hybridized carbons (Fsp3) is 0.111. The van der Waals surface area contributed by atoms with E-state index in [4.69, 9.17) is 5.73 Å². The molecule has 1 amide bonds. The van der Waals surface area contributed by atoms with Crippen molar-refractivity contribution in [3.8, 4) is 5.69 Å². The predicted octanol–water partition coefficient (Wildman–Crippen LogP) is 1.00. The quantitative estimate of drug-likeness (QED) is 0.851. The van der Waals surface area contributed by atoms with Crippen LogP contribution in [0.4, 0.5) is 0 Å². The lowest BCUT2D eigenvalue weighted by Crippen LogP contribution is -2.13. The molecule has 0 aliphatic carbocycles. The van der Waals surface area contributed by atoms with Gasteiger partial charge in [0.1, 0.15) is 0 Å². The maximum atomic E-state index is 10.7. The molecule has 2 aromatic rings. The van der Waals surface area contributed by atoms with Gasteiger partial charge in [0.2, 0.25) is 11.1 Å². The molecule has 0 saturated carbocycles. The summed E-state index contributed by atoms with van der Waals surface area (Å²) in [7, 11) is 0. The van der Waals surface area contributed by atoms with Crippen LogP contribution in [0.3, 0.4) is 0 Å². The summed E-state index contributed by atoms with van der Waals surface area (Å²) in [6.07, 6.45) is 0. The molecule has 1 heterocycles. The Labute approximate surface area is 110 Å². The fourth-order valence-electron chi connectivity index (χ4n) is 1.15. The van der Waals surface area contributed by atoms with Crippen molar-refractivity contribution < 1.29 is 4.79 Å². The van der Waals surface area contributed by atoms with Crippen LogP contribution in [0.15, 0.2) is 33.9 Å². The number of hydrogen-bond acceptors (Lipinski definition) is 5. The normalized spacial score (nSPS) is 10.4. The van der Waals surface area contributed by atoms with Crippen LogP contribution in [0.5, 0.6) is 0 Å². The molecule has 0 fully saturated rings. The van der Waals surface area contributed by atoms with Gasteiger partial charge in [0.25, 0.3) is 0 Å². The summed E-state index contributed by atoms with van der Waals surface area (Å²) in [5.74, 6) is -0.253. The second-order valence-corrected chi connectivity index (χ2v) is 4.96. The zero-order valence-corrected chi connectivity index (χ0v) is 11.0. The highest BCUT2D eigenvalue weighted by Crippen LogP contribution is 2.19. The van der Waals surface area contributed by atoms with Crippen LogP contribution >= 0.6 is 27.7 Å². The highest BCUT2D eigenvalue weighted by Gasteiger charge is 2.09. The van der Waals surface area contributed by atoms with Gasteiger partial charge < -0.3 is 5.73 Å². The number of primary amides is 1. The molecule has 1 aromatic heterocycles. The topological polar surface area (TPSA) is 86.7 Å². The average molecular weight is 314 g/mol. The smallest absolute Gasteiger partial charge is 0.227 e. The maximum absolute atomic E-state index is 10.7. The molecular weight excluding hydrogens is 306 g/mol. The molecule has 0 atom stereocenters. The van der Waals surface area contributed by atoms with Gasteiger partial charge in [-0.25, -0.2) is 0 Å². The van der Waals surface area contributed by atoms with Crippen molar-refractivity contribution in [3.05, 3.63) is 28.7 Å². The van der Waals surface area contributed by atoms with Crippen LogP contribution in [0.25, 0.3) is 5.69 Å². The lowest BCUT2D eigenvalue weighted by Gasteiger charge is -2.02. The van der Waals surface area contributed by atoms with Gasteiger partial charge in [0.15, 0.2) is 0 Å². The van der Waals surface area contributed by atoms with Crippen LogP contribution < -0.4 is 5.73 Å². The van der Waals surface area contributed by atoms with Crippen molar-refractivity contribution in [1.29, 1.82) is 0 Å². The molecule has 0 spiro atoms. The standard InChI is InChI=1S/C9H8BrN5OS/c10-6-1-3-7(4-2-6)15-9(12-13-14-15)17-5-8(11)16/h1-4H,5H2,(H2,11,16). The molecule has 1 aromatic carbocycles. The zero-order chi connectivity index (χ0) is 12.3. The van der Waals surface area contributed by atoms with Gasteiger partial charge in [-0.1, -0.05) is 27.7 Å². The second-order valence-electron chi connectivity index (χ2n) is 3.10. The first-order valence-corrected chi connectivity index (χ1v) is 6.40. The average Bonchev–Trinajstić information content (AvgIpc) is 2.75. The van der Waals surface area contributed by atoms with Crippen molar-refractivity contribution >= 4 is 33.6 Å². The number of nitrogens with two attached hydrogens (primary N) is 1. The third-order valence-electron chi connectivity index (χ3n) is 1.86. The molecule has 2 N–H and O–H groups in total. The number of tetrazole rings is 1. The fourth-order valence-corrected chi connectivity index (χ4v) is 2.04. The van der Waals surface area contributed by atoms with E-state index in [9.17, 15) is 4.79 Å². The van der Waals surface area contributed by atoms with Crippen LogP contribution in [-0.2, 0) is 4.79 Å². The van der Waals surface area contributed by atoms with Gasteiger partial charge in [-0.2, -0.15) is 4.68 Å². The number of benzene rings is 1. The van der Waals surface area contributed by atoms with Gasteiger partial charge in [-0.15, -0.1) is 5.10 Å². The molecule has 8 heteroatoms. The van der Waals surface area contributed by atoms with Gasteiger partial charge >= 0.3 is 0 Å². The number of carbonyl (C=O) groups excluding carboxylic acids is 1. The van der Waals surface area contributed by atoms with Gasteiger partial charge in [-0.05, 0) is 34.7 Å². The third-order valence-corrected chi connectivity index (χ3v) is 3.33. The summed E-state index contributed by atoms with van der Waals surface area (Å²) in [4.78, 5) is 10.7. The Bertz CT molecular complexity index is 526. The Kier molecular flexibility index (Phi) is 3.75. The van der Waals surface area contributed by atoms with Gasteiger partial charge in [0.05, 0.1) is 11.4 Å². The van der Waals surface area contributed by atoms with Crippen molar-refractivity contribution in [2.75, 3.05) is 5.75 Å². The van der Waals surface area contributed by atoms with Gasteiger partial charge in [0, 0.05) is 4.47 Å². The largest absolute Gasteiger partial charge is 0.369 e. The molecule has 2 rings (SSSR count). The van der Waals surface area contributed by atoms with E-state index in [1.165, 1.54) is 11.8 Å². The molecule has 6 nitrogen and oxygen atoms in total. The first kappa shape index (κ1) is 12.1. The monoisotopic (exact) mass is 313 g/mol. The van der Waals surface area contributed by atoms with Crippen molar-refractivity contribution in [3.63, 3.8) is 0 Å². The molecule has 0 unspecified atom stereocenters. The number of thioether (sulfide) groups is 1. The molecule has 0 radical (unpaired) electrons. The van der Waals surface area contributed by atoms with E-state index in [1.54, 1.807) is 4.68 Å². The predicted molar refractivity (Wildman–Crippen MR) is 66.8 cm³/mol. The number of carbonyl (C=O) groups is 1. The number of aromatic nitrogens is 4. The number of nitrogens with zero attached hydrogens (tertiary/aromatic N) is 4. The highest BCUT2D eigenvalue weighted by molar-refractivity contribution is 9.10. The van der Waals surface area contributed by atoms with Gasteiger partial charge in [-0.3, -0.25) is 4.79 Å².